The van der Waals surface area contributed by atoms with Gasteiger partial charge in [-0.15, -0.1) is 0 Å². The van der Waals surface area contributed by atoms with E-state index in [-0.39, 0.29) is 236 Å². The number of aliphatic hydroxyl groups excluding tert-OH is 3. The number of nitrogens with zero attached hydrogens (tertiary/aromatic N) is 1. The van der Waals surface area contributed by atoms with Crippen LogP contribution in [0.15, 0.2) is 4.99 Å². The molecular formula is C100H182AlLiNNaO28. The second kappa shape index (κ2) is 46.7. The maximum Gasteiger partial charge on any atom is 1.00 e. The molecule has 0 aromatic carbocycles. The molecule has 8 heterocycles. The first-order valence-corrected chi connectivity index (χ1v) is 48.0. The van der Waals surface area contributed by atoms with Crippen molar-refractivity contribution >= 4 is 59.7 Å². The van der Waals surface area contributed by atoms with Crippen molar-refractivity contribution in [3.05, 3.63) is 0 Å². The summed E-state index contributed by atoms with van der Waals surface area (Å²) in [6, 6.07) is 0.270. The topological polar surface area (TPSA) is 351 Å². The van der Waals surface area contributed by atoms with Crippen LogP contribution in [0.1, 0.15) is 369 Å². The molecule has 0 amide bonds. The molecule has 14 rings (SSSR count). The van der Waals surface area contributed by atoms with Crippen molar-refractivity contribution in [2.24, 2.45) is 58.3 Å². The second-order valence-corrected chi connectivity index (χ2v) is 46.5. The van der Waals surface area contributed by atoms with Crippen molar-refractivity contribution in [2.75, 3.05) is 26.4 Å². The van der Waals surface area contributed by atoms with Crippen LogP contribution in [0.25, 0.3) is 0 Å². The SMILES string of the molecule is CC(=O)OC(C)(C)C.CC(C)(C)OC(=O)C[C@@H]1C[C@H](CO)[C@H]2OC(C)(C)O[C@@]12C.CC1(C)O[C@@H]2[C@@H](CO)CC(=O)[C@]2(C)O1.CC1(C)O[C@@H]2[C@@H](CO)CC[C@]2(C)O1.CCOC=O.CC[C@H]1CC[C@]2(C)OC(C)(C)O[C@H]12.CC[C@H]1C[C@@H](CC(=O)OC(C)(C)C)[C@]2(C)OC(C)(C)O[C@H]12.CC[C@H]1C[C@@H](CC(=O)OC(C)(C)C)[C@]2(C)OC(C)(C)O[C@H]12.CC[C@H]1N=C[C@]2(C)OC(C)(C)O[C@H]12.[AlH3].[H-].[H-].[Li+].[Na+]. The van der Waals surface area contributed by atoms with E-state index in [1.165, 1.54) is 19.8 Å². The Morgan fingerprint density at radius 2 is 0.720 bits per heavy atom. The van der Waals surface area contributed by atoms with Crippen molar-refractivity contribution in [3.63, 3.8) is 0 Å². The Balaban J connectivity index is 0.000000766. The molecule has 6 saturated carbocycles. The van der Waals surface area contributed by atoms with E-state index in [9.17, 15) is 33.9 Å². The number of hydrogen-bond acceptors (Lipinski definition) is 29. The zero-order chi connectivity index (χ0) is 98.7. The van der Waals surface area contributed by atoms with Crippen LogP contribution >= 0.6 is 0 Å². The minimum absolute atomic E-state index is 0. The van der Waals surface area contributed by atoms with Gasteiger partial charge in [-0.1, -0.05) is 47.0 Å². The van der Waals surface area contributed by atoms with Gasteiger partial charge in [-0.05, 0) is 305 Å². The Morgan fingerprint density at radius 3 is 1.03 bits per heavy atom. The van der Waals surface area contributed by atoms with Gasteiger partial charge in [0.1, 0.15) is 40.2 Å². The zero-order valence-corrected chi connectivity index (χ0v) is 90.9. The molecular weight excluding hydrogens is 1720 g/mol. The number of hydrogen-bond donors (Lipinski definition) is 3. The molecule has 760 valence electrons. The van der Waals surface area contributed by atoms with Gasteiger partial charge in [-0.3, -0.25) is 33.8 Å². The van der Waals surface area contributed by atoms with E-state index in [0.29, 0.717) is 69.0 Å². The maximum absolute atomic E-state index is 12.2. The quantitative estimate of drug-likeness (QED) is 0.0593. The summed E-state index contributed by atoms with van der Waals surface area (Å²) in [6.45, 7) is 76.7. The summed E-state index contributed by atoms with van der Waals surface area (Å²) in [4.78, 5) is 72.0. The van der Waals surface area contributed by atoms with Crippen LogP contribution in [-0.2, 0) is 119 Å². The molecule has 24 atom stereocenters. The van der Waals surface area contributed by atoms with E-state index in [1.807, 2.05) is 186 Å². The van der Waals surface area contributed by atoms with E-state index in [2.05, 4.69) is 65.1 Å². The average Bonchev–Trinajstić information content (AvgIpc) is 1.62. The van der Waals surface area contributed by atoms with Crippen molar-refractivity contribution in [1.29, 1.82) is 0 Å². The number of carbonyl (C=O) groups excluding carboxylic acids is 6. The number of ketones is 1. The molecule has 13 fully saturated rings. The third-order valence-electron chi connectivity index (χ3n) is 26.7. The Bertz CT molecular complexity index is 3520. The number of aliphatic hydroxyl groups is 3. The second-order valence-electron chi connectivity index (χ2n) is 46.5. The average molecular weight is 1900 g/mol. The summed E-state index contributed by atoms with van der Waals surface area (Å²) in [5, 5.41) is 27.9. The van der Waals surface area contributed by atoms with E-state index < -0.39 is 62.7 Å². The van der Waals surface area contributed by atoms with Crippen molar-refractivity contribution in [2.45, 2.75) is 517 Å². The number of aliphatic imine (C=N–C) groups is 1. The molecule has 6 aliphatic carbocycles. The van der Waals surface area contributed by atoms with Gasteiger partial charge < -0.3 is 108 Å². The smallest absolute Gasteiger partial charge is 1.00 e. The molecule has 3 N–H and O–H groups in total. The fourth-order valence-corrected chi connectivity index (χ4v) is 22.2. The summed E-state index contributed by atoms with van der Waals surface area (Å²) in [5.41, 5.74) is -4.35. The van der Waals surface area contributed by atoms with Crippen LogP contribution in [0.4, 0.5) is 0 Å². The first-order valence-electron chi connectivity index (χ1n) is 48.0. The molecule has 8 aliphatic heterocycles. The van der Waals surface area contributed by atoms with Gasteiger partial charge in [0.15, 0.2) is 69.3 Å². The fraction of sp³-hybridized carbons (Fsp3) is 0.930. The van der Waals surface area contributed by atoms with Gasteiger partial charge in [-0.2, -0.15) is 0 Å². The van der Waals surface area contributed by atoms with Crippen LogP contribution in [0.5, 0.6) is 0 Å². The Morgan fingerprint density at radius 1 is 0.417 bits per heavy atom. The third-order valence-corrected chi connectivity index (χ3v) is 26.7. The van der Waals surface area contributed by atoms with Crippen LogP contribution in [0, 0.1) is 53.3 Å². The molecule has 7 saturated heterocycles. The van der Waals surface area contributed by atoms with Gasteiger partial charge in [0.05, 0.1) is 90.4 Å². The Labute approximate surface area is 841 Å². The Hall–Kier alpha value is -1.86. The van der Waals surface area contributed by atoms with Crippen molar-refractivity contribution in [3.8, 4) is 0 Å². The number of fused-ring (bicyclic) bond motifs is 7. The van der Waals surface area contributed by atoms with Crippen LogP contribution in [0.2, 0.25) is 0 Å². The monoisotopic (exact) mass is 1900 g/mol. The molecule has 0 aromatic heterocycles. The molecule has 132 heavy (non-hydrogen) atoms. The largest absolute Gasteiger partial charge is 1.00 e. The van der Waals surface area contributed by atoms with E-state index in [4.69, 9.17) is 95.5 Å². The van der Waals surface area contributed by atoms with Gasteiger partial charge in [0.25, 0.3) is 6.47 Å². The minimum Gasteiger partial charge on any atom is -1.00 e. The number of carbonyl (C=O) groups is 6. The predicted octanol–water partition coefficient (Wildman–Crippen LogP) is 10.4. The fourth-order valence-electron chi connectivity index (χ4n) is 22.2. The van der Waals surface area contributed by atoms with E-state index >= 15 is 0 Å². The molecule has 0 radical (unpaired) electrons. The van der Waals surface area contributed by atoms with E-state index in [1.54, 1.807) is 27.7 Å². The van der Waals surface area contributed by atoms with Crippen molar-refractivity contribution in [1.82, 2.24) is 0 Å². The Kier molecular flexibility index (Phi) is 44.0. The minimum atomic E-state index is -0.850. The molecule has 32 heteroatoms. The summed E-state index contributed by atoms with van der Waals surface area (Å²) < 4.78 is 109. The zero-order valence-electron chi connectivity index (χ0n) is 90.9. The number of ether oxygens (including phenoxy) is 19. The standard InChI is InChI=1S/2C17H30O4.C16H28O5.C11H20O2.C10H17NO2.C10H16O4.C10H18O3.C6H12O2.C3H6O2.Al.Li.Na.5H/c2*1-8-11-9-12(10-13(18)19-15(2,3)4)17(7)14(11)20-16(5,6)21-17;1-14(2,3)19-12(18)8-11-7-10(9-17)13-16(11,6)21-15(4,5)20-13;1-5-8-6-7-11(4)9(8)12-10(2,3)13-11;1-5-7-8-10(4,6-11-7)13-9(2,3)12-8;1-9(2)13-8-6(5-11)4-7(12)10(8,3)14-9;1-9(2)12-8-7(6-11)4-5-10(8,3)13-9;1-5(7)8-6(2,3)4;1-2-5-3-4;;;;;;;;/h2*11-12,14H,8-10H2,1-7H3;10-11,13,17H,7-9H2,1-6H3;8-9H,5-7H2,1-4H3;6-8H,5H2,1-4H3;6,8,11H,4-5H2,1-3H3;7-8,11H,4-6H2,1-3H3;1-4H3;3H,2H2,1H3;;;;;;;;/q;;;;;;;;;;2*+1;;;;2*-1/t2*11-,12-,14+,17-;10-,11+,13-,16+;8-,9+,11-;7-,8-,10+;6-,8-,10+;7-,8-,10+;;;;;;;;;;/m0010111........../s1. The first-order chi connectivity index (χ1) is 58.5. The van der Waals surface area contributed by atoms with Gasteiger partial charge in [0.2, 0.25) is 0 Å². The van der Waals surface area contributed by atoms with Crippen LogP contribution in [0.3, 0.4) is 0 Å². The normalized spacial score (nSPS) is 38.1. The van der Waals surface area contributed by atoms with E-state index in [0.717, 1.165) is 51.4 Å². The third kappa shape index (κ3) is 32.8. The molecule has 0 unspecified atom stereocenters. The van der Waals surface area contributed by atoms with Gasteiger partial charge in [0, 0.05) is 74.9 Å². The summed E-state index contributed by atoms with van der Waals surface area (Å²) >= 11 is 0. The molecule has 0 aromatic rings. The van der Waals surface area contributed by atoms with Gasteiger partial charge in [-0.25, -0.2) is 0 Å². The van der Waals surface area contributed by atoms with Crippen molar-refractivity contribution < 1.29 is 185 Å². The van der Waals surface area contributed by atoms with Crippen LogP contribution in [-0.4, -0.2) is 252 Å². The predicted molar refractivity (Wildman–Crippen MR) is 500 cm³/mol. The number of rotatable bonds is 15. The molecule has 0 spiro atoms. The van der Waals surface area contributed by atoms with Gasteiger partial charge >= 0.3 is 72.3 Å². The maximum atomic E-state index is 12.2. The molecule has 29 nitrogen and oxygen atoms in total. The summed E-state index contributed by atoms with van der Waals surface area (Å²) in [6.07, 6.45) is 14.9. The number of Topliss-reactive ketones (excluding diaryl/α,β-unsaturated/α-hetero) is 1. The van der Waals surface area contributed by atoms with Crippen LogP contribution < -0.4 is 48.4 Å². The first kappa shape index (κ1) is 124. The number of esters is 4. The summed E-state index contributed by atoms with van der Waals surface area (Å²) in [7, 11) is 0. The molecule has 14 aliphatic rings. The molecule has 0 bridgehead atoms. The summed E-state index contributed by atoms with van der Waals surface area (Å²) in [5.74, 6) is -2.49.